The molecular weight excluding hydrogens is 270 g/mol. The molecule has 0 aromatic carbocycles. The lowest BCUT2D eigenvalue weighted by Gasteiger charge is -2.37. The highest BCUT2D eigenvalue weighted by atomic mass is 35.5. The molecule has 1 heterocycles. The first-order valence-corrected chi connectivity index (χ1v) is 8.33. The van der Waals surface area contributed by atoms with Crippen LogP contribution >= 0.6 is 11.6 Å². The summed E-state index contributed by atoms with van der Waals surface area (Å²) in [5, 5.41) is 8.99. The normalized spacial score (nSPS) is 19.4. The Morgan fingerprint density at radius 1 is 1.35 bits per heavy atom. The molecular formula is C16H28ClN3. The third-order valence-electron chi connectivity index (χ3n) is 5.29. The van der Waals surface area contributed by atoms with Crippen molar-refractivity contribution >= 4 is 11.6 Å². The lowest BCUT2D eigenvalue weighted by Crippen LogP contribution is -2.43. The van der Waals surface area contributed by atoms with Crippen molar-refractivity contribution in [3.8, 4) is 0 Å². The van der Waals surface area contributed by atoms with Crippen molar-refractivity contribution in [2.75, 3.05) is 7.05 Å². The van der Waals surface area contributed by atoms with Crippen LogP contribution in [0.25, 0.3) is 0 Å². The zero-order valence-electron chi connectivity index (χ0n) is 13.3. The van der Waals surface area contributed by atoms with Gasteiger partial charge in [0.15, 0.2) is 0 Å². The summed E-state index contributed by atoms with van der Waals surface area (Å²) in [5.74, 6) is 0. The summed E-state index contributed by atoms with van der Waals surface area (Å²) in [7, 11) is 4.10. The number of nitrogens with zero attached hydrogens (tertiary/aromatic N) is 2. The van der Waals surface area contributed by atoms with Crippen LogP contribution in [0.5, 0.6) is 0 Å². The molecule has 1 saturated carbocycles. The van der Waals surface area contributed by atoms with Crippen LogP contribution in [0.1, 0.15) is 57.3 Å². The Morgan fingerprint density at radius 2 is 2.00 bits per heavy atom. The van der Waals surface area contributed by atoms with E-state index in [4.69, 9.17) is 11.6 Å². The molecule has 0 aliphatic heterocycles. The molecule has 0 amide bonds. The molecule has 3 nitrogen and oxygen atoms in total. The standard InChI is InChI=1S/C16H28ClN3/c1-5-12-15(17)13(20(4)19-12)11-14(18-3)16(6-2)9-7-8-10-16/h14,18H,5-11H2,1-4H3. The molecule has 1 atom stereocenters. The number of likely N-dealkylation sites (N-methyl/N-ethyl adjacent to an activating group) is 1. The zero-order chi connectivity index (χ0) is 14.8. The molecule has 114 valence electrons. The molecule has 1 aliphatic rings. The van der Waals surface area contributed by atoms with E-state index in [2.05, 4.69) is 31.3 Å². The Labute approximate surface area is 128 Å². The fourth-order valence-electron chi connectivity index (χ4n) is 3.89. The average Bonchev–Trinajstić information content (AvgIpc) is 3.03. The van der Waals surface area contributed by atoms with Crippen molar-refractivity contribution in [1.82, 2.24) is 15.1 Å². The number of halogens is 1. The van der Waals surface area contributed by atoms with Crippen LogP contribution in [-0.2, 0) is 19.9 Å². The lowest BCUT2D eigenvalue weighted by atomic mass is 9.74. The monoisotopic (exact) mass is 297 g/mol. The van der Waals surface area contributed by atoms with Gasteiger partial charge in [-0.1, -0.05) is 38.3 Å². The number of nitrogens with one attached hydrogen (secondary N) is 1. The second-order valence-electron chi connectivity index (χ2n) is 6.15. The Balaban J connectivity index is 2.24. The Morgan fingerprint density at radius 3 is 2.45 bits per heavy atom. The van der Waals surface area contributed by atoms with Gasteiger partial charge in [0.1, 0.15) is 0 Å². The van der Waals surface area contributed by atoms with Gasteiger partial charge in [-0.3, -0.25) is 4.68 Å². The van der Waals surface area contributed by atoms with Gasteiger partial charge in [0.25, 0.3) is 0 Å². The molecule has 0 radical (unpaired) electrons. The summed E-state index contributed by atoms with van der Waals surface area (Å²) < 4.78 is 1.98. The van der Waals surface area contributed by atoms with Gasteiger partial charge in [-0.2, -0.15) is 5.10 Å². The highest BCUT2D eigenvalue weighted by Gasteiger charge is 2.39. The van der Waals surface area contributed by atoms with Crippen LogP contribution in [0.2, 0.25) is 5.02 Å². The summed E-state index contributed by atoms with van der Waals surface area (Å²) in [6.07, 6.45) is 8.53. The van der Waals surface area contributed by atoms with Gasteiger partial charge in [0, 0.05) is 19.5 Å². The topological polar surface area (TPSA) is 29.9 Å². The van der Waals surface area contributed by atoms with E-state index in [-0.39, 0.29) is 0 Å². The molecule has 0 saturated heterocycles. The first-order valence-electron chi connectivity index (χ1n) is 7.95. The molecule has 4 heteroatoms. The first kappa shape index (κ1) is 15.8. The van der Waals surface area contributed by atoms with Crippen LogP contribution in [0.3, 0.4) is 0 Å². The van der Waals surface area contributed by atoms with Crippen molar-refractivity contribution in [3.05, 3.63) is 16.4 Å². The summed E-state index contributed by atoms with van der Waals surface area (Å²) in [4.78, 5) is 0. The molecule has 2 rings (SSSR count). The van der Waals surface area contributed by atoms with Crippen LogP contribution in [0.4, 0.5) is 0 Å². The SMILES string of the molecule is CCc1nn(C)c(CC(NC)C2(CC)CCCC2)c1Cl. The molecule has 1 aliphatic carbocycles. The predicted molar refractivity (Wildman–Crippen MR) is 85.3 cm³/mol. The summed E-state index contributed by atoms with van der Waals surface area (Å²) >= 11 is 6.51. The minimum absolute atomic E-state index is 0.439. The summed E-state index contributed by atoms with van der Waals surface area (Å²) in [6, 6.07) is 0.493. The quantitative estimate of drug-likeness (QED) is 0.867. The molecule has 1 N–H and O–H groups in total. The van der Waals surface area contributed by atoms with E-state index in [0.29, 0.717) is 11.5 Å². The maximum atomic E-state index is 6.51. The molecule has 20 heavy (non-hydrogen) atoms. The number of hydrogen-bond donors (Lipinski definition) is 1. The van der Waals surface area contributed by atoms with Crippen LogP contribution in [0.15, 0.2) is 0 Å². The molecule has 0 bridgehead atoms. The van der Waals surface area contributed by atoms with Gasteiger partial charge >= 0.3 is 0 Å². The van der Waals surface area contributed by atoms with E-state index < -0.39 is 0 Å². The lowest BCUT2D eigenvalue weighted by molar-refractivity contribution is 0.190. The van der Waals surface area contributed by atoms with E-state index in [1.54, 1.807) is 0 Å². The number of aromatic nitrogens is 2. The van der Waals surface area contributed by atoms with Gasteiger partial charge in [-0.05, 0) is 38.1 Å². The van der Waals surface area contributed by atoms with E-state index in [1.165, 1.54) is 37.8 Å². The summed E-state index contributed by atoms with van der Waals surface area (Å²) in [5.41, 5.74) is 2.65. The van der Waals surface area contributed by atoms with Crippen molar-refractivity contribution in [2.45, 2.75) is 64.8 Å². The number of rotatable bonds is 6. The summed E-state index contributed by atoms with van der Waals surface area (Å²) in [6.45, 7) is 4.44. The average molecular weight is 298 g/mol. The smallest absolute Gasteiger partial charge is 0.0850 e. The fourth-order valence-corrected chi connectivity index (χ4v) is 4.26. The maximum absolute atomic E-state index is 6.51. The van der Waals surface area contributed by atoms with Crippen LogP contribution in [-0.4, -0.2) is 22.9 Å². The highest BCUT2D eigenvalue weighted by molar-refractivity contribution is 6.31. The Hall–Kier alpha value is -0.540. The number of aryl methyl sites for hydroxylation is 2. The van der Waals surface area contributed by atoms with Gasteiger partial charge in [0.05, 0.1) is 16.4 Å². The first-order chi connectivity index (χ1) is 9.57. The fraction of sp³-hybridized carbons (Fsp3) is 0.812. The third-order valence-corrected chi connectivity index (χ3v) is 5.73. The van der Waals surface area contributed by atoms with Crippen molar-refractivity contribution in [2.24, 2.45) is 12.5 Å². The van der Waals surface area contributed by atoms with Crippen LogP contribution in [0, 0.1) is 5.41 Å². The van der Waals surface area contributed by atoms with Crippen LogP contribution < -0.4 is 5.32 Å². The predicted octanol–water partition coefficient (Wildman–Crippen LogP) is 3.74. The number of hydrogen-bond acceptors (Lipinski definition) is 2. The maximum Gasteiger partial charge on any atom is 0.0850 e. The minimum atomic E-state index is 0.439. The van der Waals surface area contributed by atoms with Crippen molar-refractivity contribution in [3.63, 3.8) is 0 Å². The molecule has 1 aromatic heterocycles. The van der Waals surface area contributed by atoms with E-state index in [0.717, 1.165) is 23.6 Å². The van der Waals surface area contributed by atoms with E-state index in [9.17, 15) is 0 Å². The van der Waals surface area contributed by atoms with Gasteiger partial charge in [0.2, 0.25) is 0 Å². The molecule has 1 aromatic rings. The second kappa shape index (κ2) is 6.48. The van der Waals surface area contributed by atoms with E-state index in [1.807, 2.05) is 11.7 Å². The molecule has 0 spiro atoms. The third kappa shape index (κ3) is 2.75. The van der Waals surface area contributed by atoms with Gasteiger partial charge in [-0.15, -0.1) is 0 Å². The Bertz CT molecular complexity index is 447. The molecule has 1 fully saturated rings. The van der Waals surface area contributed by atoms with Crippen molar-refractivity contribution in [1.29, 1.82) is 0 Å². The second-order valence-corrected chi connectivity index (χ2v) is 6.53. The molecule has 1 unspecified atom stereocenters. The zero-order valence-corrected chi connectivity index (χ0v) is 14.1. The van der Waals surface area contributed by atoms with E-state index >= 15 is 0 Å². The highest BCUT2D eigenvalue weighted by Crippen LogP contribution is 2.45. The minimum Gasteiger partial charge on any atom is -0.316 e. The van der Waals surface area contributed by atoms with Crippen molar-refractivity contribution < 1.29 is 0 Å². The van der Waals surface area contributed by atoms with Gasteiger partial charge < -0.3 is 5.32 Å². The largest absolute Gasteiger partial charge is 0.316 e. The Kier molecular flexibility index (Phi) is 5.14. The van der Waals surface area contributed by atoms with Gasteiger partial charge in [-0.25, -0.2) is 0 Å².